The normalized spacial score (nSPS) is 14.7. The summed E-state index contributed by atoms with van der Waals surface area (Å²) in [5.41, 5.74) is 5.96. The molecule has 1 rings (SSSR count). The molecule has 12 heteroatoms. The maximum absolute atomic E-state index is 12.6. The van der Waals surface area contributed by atoms with E-state index in [1.807, 2.05) is 0 Å². The highest BCUT2D eigenvalue weighted by atomic mass is 16.4. The van der Waals surface area contributed by atoms with Crippen LogP contribution in [0.15, 0.2) is 24.3 Å². The first-order valence-electron chi connectivity index (χ1n) is 9.89. The second-order valence-corrected chi connectivity index (χ2v) is 7.53. The van der Waals surface area contributed by atoms with E-state index >= 15 is 0 Å². The zero-order valence-corrected chi connectivity index (χ0v) is 17.8. The van der Waals surface area contributed by atoms with E-state index in [2.05, 4.69) is 16.0 Å². The number of carbonyl (C=O) groups is 4. The van der Waals surface area contributed by atoms with Gasteiger partial charge in [0.05, 0.1) is 13.2 Å². The van der Waals surface area contributed by atoms with Gasteiger partial charge in [-0.05, 0) is 23.6 Å². The summed E-state index contributed by atoms with van der Waals surface area (Å²) >= 11 is 0. The number of hydrogen-bond acceptors (Lipinski definition) is 8. The fourth-order valence-electron chi connectivity index (χ4n) is 2.67. The molecule has 0 aromatic heterocycles. The summed E-state index contributed by atoms with van der Waals surface area (Å²) in [7, 11) is 0. The molecule has 1 aromatic carbocycles. The summed E-state index contributed by atoms with van der Waals surface area (Å²) in [5, 5.41) is 44.2. The molecule has 0 saturated carbocycles. The van der Waals surface area contributed by atoms with E-state index in [0.717, 1.165) is 0 Å². The largest absolute Gasteiger partial charge is 0.508 e. The Morgan fingerprint density at radius 3 is 1.91 bits per heavy atom. The third-order valence-corrected chi connectivity index (χ3v) is 4.59. The molecule has 0 bridgehead atoms. The molecule has 0 aliphatic heterocycles. The number of hydrogen-bond donors (Lipinski definition) is 8. The first-order chi connectivity index (χ1) is 15.0. The SMILES string of the molecule is CC(C)C(NC(=O)C(N)CO)C(=O)NC(CO)C(=O)NC(Cc1ccc(O)cc1)C(=O)O. The van der Waals surface area contributed by atoms with E-state index < -0.39 is 67.0 Å². The number of phenolic OH excluding ortho intramolecular Hbond substituents is 1. The molecule has 0 aliphatic carbocycles. The third-order valence-electron chi connectivity index (χ3n) is 4.59. The highest BCUT2D eigenvalue weighted by Gasteiger charge is 2.31. The Balaban J connectivity index is 2.85. The van der Waals surface area contributed by atoms with Crippen LogP contribution < -0.4 is 21.7 Å². The number of nitrogens with two attached hydrogens (primary N) is 1. The zero-order chi connectivity index (χ0) is 24.4. The van der Waals surface area contributed by atoms with Crippen molar-refractivity contribution in [1.29, 1.82) is 0 Å². The minimum Gasteiger partial charge on any atom is -0.508 e. The molecule has 178 valence electrons. The smallest absolute Gasteiger partial charge is 0.326 e. The number of rotatable bonds is 12. The number of benzene rings is 1. The molecule has 0 saturated heterocycles. The number of aliphatic hydroxyl groups excluding tert-OH is 2. The molecule has 0 aliphatic rings. The van der Waals surface area contributed by atoms with E-state index in [-0.39, 0.29) is 12.2 Å². The summed E-state index contributed by atoms with van der Waals surface area (Å²) in [6.07, 6.45) is -0.100. The molecule has 4 atom stereocenters. The molecule has 0 heterocycles. The van der Waals surface area contributed by atoms with Crippen LogP contribution in [0.2, 0.25) is 0 Å². The minimum atomic E-state index is -1.48. The summed E-state index contributed by atoms with van der Waals surface area (Å²) in [4.78, 5) is 48.6. The van der Waals surface area contributed by atoms with Crippen LogP contribution in [0.1, 0.15) is 19.4 Å². The lowest BCUT2D eigenvalue weighted by Crippen LogP contribution is -2.59. The number of phenols is 1. The van der Waals surface area contributed by atoms with E-state index in [4.69, 9.17) is 10.8 Å². The van der Waals surface area contributed by atoms with E-state index in [1.165, 1.54) is 24.3 Å². The van der Waals surface area contributed by atoms with Crippen LogP contribution in [-0.4, -0.2) is 81.5 Å². The van der Waals surface area contributed by atoms with Crippen LogP contribution >= 0.6 is 0 Å². The van der Waals surface area contributed by atoms with Gasteiger partial charge in [-0.25, -0.2) is 4.79 Å². The van der Waals surface area contributed by atoms with E-state index in [1.54, 1.807) is 13.8 Å². The lowest BCUT2D eigenvalue weighted by molar-refractivity contribution is -0.142. The number of carbonyl (C=O) groups excluding carboxylic acids is 3. The fourth-order valence-corrected chi connectivity index (χ4v) is 2.67. The van der Waals surface area contributed by atoms with Gasteiger partial charge >= 0.3 is 5.97 Å². The van der Waals surface area contributed by atoms with Gasteiger partial charge in [-0.2, -0.15) is 0 Å². The van der Waals surface area contributed by atoms with Crippen LogP contribution in [0.25, 0.3) is 0 Å². The number of carboxylic acids is 1. The first-order valence-corrected chi connectivity index (χ1v) is 9.89. The number of aliphatic carboxylic acids is 1. The minimum absolute atomic E-state index is 0.000500. The first kappa shape index (κ1) is 26.8. The maximum atomic E-state index is 12.6. The van der Waals surface area contributed by atoms with Gasteiger partial charge in [-0.15, -0.1) is 0 Å². The van der Waals surface area contributed by atoms with Crippen molar-refractivity contribution >= 4 is 23.7 Å². The van der Waals surface area contributed by atoms with Crippen molar-refractivity contribution in [2.45, 2.75) is 44.4 Å². The topological polar surface area (TPSA) is 211 Å². The van der Waals surface area contributed by atoms with Gasteiger partial charge in [0.15, 0.2) is 0 Å². The van der Waals surface area contributed by atoms with Crippen LogP contribution in [-0.2, 0) is 25.6 Å². The number of nitrogens with one attached hydrogen (secondary N) is 3. The van der Waals surface area contributed by atoms with Gasteiger partial charge in [0.2, 0.25) is 17.7 Å². The second kappa shape index (κ2) is 12.6. The lowest BCUT2D eigenvalue weighted by Gasteiger charge is -2.26. The van der Waals surface area contributed by atoms with Gasteiger partial charge in [0.25, 0.3) is 0 Å². The third kappa shape index (κ3) is 8.13. The van der Waals surface area contributed by atoms with Crippen LogP contribution in [0.3, 0.4) is 0 Å². The standard InChI is InChI=1S/C20H30N4O8/c1-10(2)16(24-17(28)13(21)8-25)19(30)23-15(9-26)18(29)22-14(20(31)32)7-11-3-5-12(27)6-4-11/h3-6,10,13-16,25-27H,7-9,21H2,1-2H3,(H,22,29)(H,23,30)(H,24,28)(H,31,32). The van der Waals surface area contributed by atoms with E-state index in [9.17, 15) is 34.5 Å². The van der Waals surface area contributed by atoms with Gasteiger partial charge in [0.1, 0.15) is 29.9 Å². The van der Waals surface area contributed by atoms with Crippen molar-refractivity contribution in [1.82, 2.24) is 16.0 Å². The molecule has 9 N–H and O–H groups in total. The molecule has 1 aromatic rings. The second-order valence-electron chi connectivity index (χ2n) is 7.53. The molecule has 0 radical (unpaired) electrons. The number of carboxylic acid groups (broad SMARTS) is 1. The number of aliphatic hydroxyl groups is 2. The molecular formula is C20H30N4O8. The Kier molecular flexibility index (Phi) is 10.5. The average Bonchev–Trinajstić information content (AvgIpc) is 2.75. The van der Waals surface area contributed by atoms with Gasteiger partial charge in [-0.3, -0.25) is 14.4 Å². The molecule has 0 spiro atoms. The predicted octanol–water partition coefficient (Wildman–Crippen LogP) is -2.56. The Morgan fingerprint density at radius 2 is 1.44 bits per heavy atom. The Labute approximate surface area is 184 Å². The lowest BCUT2D eigenvalue weighted by atomic mass is 10.0. The highest BCUT2D eigenvalue weighted by molar-refractivity contribution is 5.94. The van der Waals surface area contributed by atoms with Crippen molar-refractivity contribution in [2.24, 2.45) is 11.7 Å². The molecule has 3 amide bonds. The Morgan fingerprint density at radius 1 is 0.875 bits per heavy atom. The van der Waals surface area contributed by atoms with Crippen molar-refractivity contribution < 1.29 is 39.6 Å². The van der Waals surface area contributed by atoms with Crippen molar-refractivity contribution in [3.8, 4) is 5.75 Å². The summed E-state index contributed by atoms with van der Waals surface area (Å²) in [5.74, 6) is -4.26. The van der Waals surface area contributed by atoms with E-state index in [0.29, 0.717) is 5.56 Å². The predicted molar refractivity (Wildman–Crippen MR) is 112 cm³/mol. The number of amides is 3. The summed E-state index contributed by atoms with van der Waals surface area (Å²) < 4.78 is 0. The molecular weight excluding hydrogens is 424 g/mol. The molecule has 32 heavy (non-hydrogen) atoms. The van der Waals surface area contributed by atoms with Crippen LogP contribution in [0.5, 0.6) is 5.75 Å². The van der Waals surface area contributed by atoms with Gasteiger partial charge < -0.3 is 42.1 Å². The number of aromatic hydroxyl groups is 1. The Hall–Kier alpha value is -3.22. The van der Waals surface area contributed by atoms with Crippen molar-refractivity contribution in [3.05, 3.63) is 29.8 Å². The van der Waals surface area contributed by atoms with Gasteiger partial charge in [-0.1, -0.05) is 26.0 Å². The zero-order valence-electron chi connectivity index (χ0n) is 17.8. The van der Waals surface area contributed by atoms with Crippen molar-refractivity contribution in [3.63, 3.8) is 0 Å². The summed E-state index contributed by atoms with van der Waals surface area (Å²) in [6, 6.07) is 0.540. The maximum Gasteiger partial charge on any atom is 0.326 e. The molecule has 4 unspecified atom stereocenters. The fraction of sp³-hybridized carbons (Fsp3) is 0.500. The quantitative estimate of drug-likeness (QED) is 0.167. The average molecular weight is 454 g/mol. The summed E-state index contributed by atoms with van der Waals surface area (Å²) in [6.45, 7) is 1.80. The highest BCUT2D eigenvalue weighted by Crippen LogP contribution is 2.11. The molecule has 0 fully saturated rings. The van der Waals surface area contributed by atoms with Crippen LogP contribution in [0.4, 0.5) is 0 Å². The van der Waals surface area contributed by atoms with Gasteiger partial charge in [0, 0.05) is 6.42 Å². The monoisotopic (exact) mass is 454 g/mol. The Bertz CT molecular complexity index is 799. The van der Waals surface area contributed by atoms with Crippen LogP contribution in [0, 0.1) is 5.92 Å². The molecule has 12 nitrogen and oxygen atoms in total. The van der Waals surface area contributed by atoms with Crippen molar-refractivity contribution in [2.75, 3.05) is 13.2 Å².